The highest BCUT2D eigenvalue weighted by atomic mass is 35.5. The third kappa shape index (κ3) is 2.72. The van der Waals surface area contributed by atoms with Crippen LogP contribution in [0, 0.1) is 0 Å². The minimum Gasteiger partial charge on any atom is -0.481 e. The second kappa shape index (κ2) is 4.25. The summed E-state index contributed by atoms with van der Waals surface area (Å²) < 4.78 is 0. The van der Waals surface area contributed by atoms with E-state index in [-0.39, 0.29) is 6.42 Å². The van der Waals surface area contributed by atoms with Gasteiger partial charge >= 0.3 is 5.97 Å². The topological polar surface area (TPSA) is 63.3 Å². The summed E-state index contributed by atoms with van der Waals surface area (Å²) in [5.41, 5.74) is 6.92. The Labute approximate surface area is 81.1 Å². The van der Waals surface area contributed by atoms with Crippen molar-refractivity contribution in [3.63, 3.8) is 0 Å². The molecule has 3 nitrogen and oxygen atoms in total. The molecule has 0 atom stereocenters. The predicted octanol–water partition coefficient (Wildman–Crippen LogP) is 1.43. The average molecular weight is 200 g/mol. The standard InChI is InChI=1S/C9H10ClNO2/c10-8-3-6(4-9(12)13)1-2-7(8)5-11/h1-3H,4-5,11H2,(H,12,13). The number of hydrogen-bond donors (Lipinski definition) is 2. The lowest BCUT2D eigenvalue weighted by Gasteiger charge is -2.02. The molecule has 0 amide bonds. The Kier molecular flexibility index (Phi) is 3.28. The van der Waals surface area contributed by atoms with E-state index in [1.807, 2.05) is 0 Å². The van der Waals surface area contributed by atoms with Gasteiger partial charge in [-0.1, -0.05) is 23.7 Å². The number of benzene rings is 1. The first-order chi connectivity index (χ1) is 6.13. The number of carboxylic acid groups (broad SMARTS) is 1. The van der Waals surface area contributed by atoms with Crippen molar-refractivity contribution < 1.29 is 9.90 Å². The van der Waals surface area contributed by atoms with E-state index < -0.39 is 5.97 Å². The molecular formula is C9H10ClNO2. The summed E-state index contributed by atoms with van der Waals surface area (Å²) in [5.74, 6) is -0.864. The maximum absolute atomic E-state index is 10.4. The third-order valence-electron chi connectivity index (χ3n) is 1.69. The van der Waals surface area contributed by atoms with Crippen LogP contribution in [0.2, 0.25) is 5.02 Å². The average Bonchev–Trinajstić information content (AvgIpc) is 2.03. The van der Waals surface area contributed by atoms with Crippen LogP contribution >= 0.6 is 11.6 Å². The summed E-state index contributed by atoms with van der Waals surface area (Å²) in [5, 5.41) is 9.05. The van der Waals surface area contributed by atoms with Crippen molar-refractivity contribution in [2.45, 2.75) is 13.0 Å². The molecule has 3 N–H and O–H groups in total. The number of rotatable bonds is 3. The third-order valence-corrected chi connectivity index (χ3v) is 2.04. The largest absolute Gasteiger partial charge is 0.481 e. The molecule has 0 aliphatic heterocycles. The van der Waals surface area contributed by atoms with Gasteiger partial charge in [0.05, 0.1) is 6.42 Å². The molecule has 13 heavy (non-hydrogen) atoms. The molecule has 0 radical (unpaired) electrons. The van der Waals surface area contributed by atoms with E-state index in [0.717, 1.165) is 5.56 Å². The van der Waals surface area contributed by atoms with Crippen molar-refractivity contribution >= 4 is 17.6 Å². The summed E-state index contributed by atoms with van der Waals surface area (Å²) in [6.07, 6.45) is -0.00935. The summed E-state index contributed by atoms with van der Waals surface area (Å²) in [4.78, 5) is 10.4. The van der Waals surface area contributed by atoms with Crippen molar-refractivity contribution in [2.75, 3.05) is 0 Å². The summed E-state index contributed by atoms with van der Waals surface area (Å²) in [6, 6.07) is 5.11. The van der Waals surface area contributed by atoms with Gasteiger partial charge < -0.3 is 10.8 Å². The number of nitrogens with two attached hydrogens (primary N) is 1. The van der Waals surface area contributed by atoms with E-state index in [0.29, 0.717) is 17.1 Å². The lowest BCUT2D eigenvalue weighted by molar-refractivity contribution is -0.136. The van der Waals surface area contributed by atoms with Crippen molar-refractivity contribution in [1.29, 1.82) is 0 Å². The molecule has 0 aromatic heterocycles. The molecule has 0 heterocycles. The molecule has 0 aliphatic carbocycles. The van der Waals surface area contributed by atoms with Gasteiger partial charge in [-0.2, -0.15) is 0 Å². The molecule has 70 valence electrons. The fourth-order valence-electron chi connectivity index (χ4n) is 1.04. The first kappa shape index (κ1) is 10.0. The second-order valence-corrected chi connectivity index (χ2v) is 3.11. The van der Waals surface area contributed by atoms with E-state index in [2.05, 4.69) is 0 Å². The van der Waals surface area contributed by atoms with E-state index in [4.69, 9.17) is 22.4 Å². The van der Waals surface area contributed by atoms with Crippen molar-refractivity contribution in [2.24, 2.45) is 5.73 Å². The van der Waals surface area contributed by atoms with Crippen LogP contribution in [0.3, 0.4) is 0 Å². The Balaban J connectivity index is 2.89. The highest BCUT2D eigenvalue weighted by Crippen LogP contribution is 2.17. The summed E-state index contributed by atoms with van der Waals surface area (Å²) in [7, 11) is 0. The number of halogens is 1. The smallest absolute Gasteiger partial charge is 0.307 e. The molecule has 0 spiro atoms. The van der Waals surface area contributed by atoms with Gasteiger partial charge in [-0.3, -0.25) is 4.79 Å². The highest BCUT2D eigenvalue weighted by Gasteiger charge is 2.03. The van der Waals surface area contributed by atoms with Crippen LogP contribution in [0.25, 0.3) is 0 Å². The first-order valence-corrected chi connectivity index (χ1v) is 4.20. The molecule has 0 aliphatic rings. The molecule has 0 fully saturated rings. The van der Waals surface area contributed by atoms with Crippen molar-refractivity contribution in [3.05, 3.63) is 34.3 Å². The van der Waals surface area contributed by atoms with Gasteiger partial charge in [-0.05, 0) is 17.2 Å². The second-order valence-electron chi connectivity index (χ2n) is 2.70. The molecule has 0 saturated carbocycles. The Morgan fingerprint density at radius 3 is 2.69 bits per heavy atom. The molecule has 0 bridgehead atoms. The summed E-state index contributed by atoms with van der Waals surface area (Å²) in [6.45, 7) is 0.367. The molecule has 1 aromatic carbocycles. The monoisotopic (exact) mass is 199 g/mol. The van der Waals surface area contributed by atoms with Crippen LogP contribution in [0.1, 0.15) is 11.1 Å². The Morgan fingerprint density at radius 2 is 2.23 bits per heavy atom. The molecular weight excluding hydrogens is 190 g/mol. The maximum atomic E-state index is 10.4. The van der Waals surface area contributed by atoms with Crippen LogP contribution in [0.15, 0.2) is 18.2 Å². The van der Waals surface area contributed by atoms with Gasteiger partial charge in [0, 0.05) is 11.6 Å². The van der Waals surface area contributed by atoms with Gasteiger partial charge in [-0.15, -0.1) is 0 Å². The SMILES string of the molecule is NCc1ccc(CC(=O)O)cc1Cl. The van der Waals surface area contributed by atoms with Crippen LogP contribution < -0.4 is 5.73 Å². The number of aliphatic carboxylic acids is 1. The van der Waals surface area contributed by atoms with Crippen LogP contribution in [-0.2, 0) is 17.8 Å². The van der Waals surface area contributed by atoms with E-state index in [9.17, 15) is 4.79 Å². The zero-order valence-electron chi connectivity index (χ0n) is 6.96. The highest BCUT2D eigenvalue weighted by molar-refractivity contribution is 6.31. The maximum Gasteiger partial charge on any atom is 0.307 e. The molecule has 4 heteroatoms. The van der Waals surface area contributed by atoms with Crippen molar-refractivity contribution in [1.82, 2.24) is 0 Å². The van der Waals surface area contributed by atoms with Crippen LogP contribution in [0.4, 0.5) is 0 Å². The molecule has 1 rings (SSSR count). The number of carboxylic acids is 1. The fourth-order valence-corrected chi connectivity index (χ4v) is 1.32. The van der Waals surface area contributed by atoms with Gasteiger partial charge in [0.1, 0.15) is 0 Å². The predicted molar refractivity (Wildman–Crippen MR) is 50.7 cm³/mol. The van der Waals surface area contributed by atoms with Crippen LogP contribution in [0.5, 0.6) is 0 Å². The van der Waals surface area contributed by atoms with Gasteiger partial charge in [0.15, 0.2) is 0 Å². The Bertz CT molecular complexity index is 325. The van der Waals surface area contributed by atoms with Gasteiger partial charge in [-0.25, -0.2) is 0 Å². The minimum atomic E-state index is -0.864. The van der Waals surface area contributed by atoms with Crippen molar-refractivity contribution in [3.8, 4) is 0 Å². The lowest BCUT2D eigenvalue weighted by atomic mass is 10.1. The molecule has 0 unspecified atom stereocenters. The van der Waals surface area contributed by atoms with E-state index >= 15 is 0 Å². The van der Waals surface area contributed by atoms with E-state index in [1.54, 1.807) is 18.2 Å². The molecule has 0 saturated heterocycles. The number of carbonyl (C=O) groups is 1. The normalized spacial score (nSPS) is 10.0. The fraction of sp³-hybridized carbons (Fsp3) is 0.222. The zero-order valence-corrected chi connectivity index (χ0v) is 7.71. The summed E-state index contributed by atoms with van der Waals surface area (Å²) >= 11 is 5.84. The van der Waals surface area contributed by atoms with E-state index in [1.165, 1.54) is 0 Å². The lowest BCUT2D eigenvalue weighted by Crippen LogP contribution is -2.02. The Morgan fingerprint density at radius 1 is 1.54 bits per heavy atom. The van der Waals surface area contributed by atoms with Crippen LogP contribution in [-0.4, -0.2) is 11.1 Å². The quantitative estimate of drug-likeness (QED) is 0.774. The van der Waals surface area contributed by atoms with Gasteiger partial charge in [0.2, 0.25) is 0 Å². The Hall–Kier alpha value is -1.06. The van der Waals surface area contributed by atoms with Gasteiger partial charge in [0.25, 0.3) is 0 Å². The minimum absolute atomic E-state index is 0.00935. The zero-order chi connectivity index (χ0) is 9.84. The number of hydrogen-bond acceptors (Lipinski definition) is 2. The first-order valence-electron chi connectivity index (χ1n) is 3.82. The molecule has 1 aromatic rings.